The number of rotatable bonds is 3. The summed E-state index contributed by atoms with van der Waals surface area (Å²) >= 11 is 5.12. The summed E-state index contributed by atoms with van der Waals surface area (Å²) in [7, 11) is 1.65. The highest BCUT2D eigenvalue weighted by molar-refractivity contribution is 7.80. The van der Waals surface area contributed by atoms with E-state index < -0.39 is 0 Å². The lowest BCUT2D eigenvalue weighted by Crippen LogP contribution is -2.46. The number of methoxy groups -OCH3 is 1. The molecule has 0 unspecified atom stereocenters. The Morgan fingerprint density at radius 1 is 1.33 bits per heavy atom. The number of pyridine rings is 1. The third kappa shape index (κ3) is 4.57. The molecule has 2 rings (SSSR count). The van der Waals surface area contributed by atoms with Gasteiger partial charge in [0.2, 0.25) is 0 Å². The zero-order valence-corrected chi connectivity index (χ0v) is 12.4. The Morgan fingerprint density at radius 3 is 2.81 bits per heavy atom. The number of hydrogen-bond donors (Lipinski definition) is 3. The maximum absolute atomic E-state index is 11.8. The molecular weight excluding hydrogens is 288 g/mol. The first-order valence-electron chi connectivity index (χ1n) is 6.40. The zero-order valence-electron chi connectivity index (χ0n) is 11.6. The Hall–Kier alpha value is -2.41. The second-order valence-electron chi connectivity index (χ2n) is 4.30. The lowest BCUT2D eigenvalue weighted by atomic mass is 10.1. The van der Waals surface area contributed by atoms with Crippen LogP contribution in [0.2, 0.25) is 0 Å². The van der Waals surface area contributed by atoms with Crippen LogP contribution in [0.3, 0.4) is 0 Å². The molecular formula is C14H16N4O2S. The highest BCUT2D eigenvalue weighted by Gasteiger charge is 2.09. The van der Waals surface area contributed by atoms with E-state index >= 15 is 0 Å². The first-order valence-corrected chi connectivity index (χ1v) is 6.81. The third-order valence-electron chi connectivity index (χ3n) is 2.86. The number of nitrogens with one attached hydrogen (secondary N) is 3. The van der Waals surface area contributed by atoms with Crippen LogP contribution in [0.1, 0.15) is 23.2 Å². The van der Waals surface area contributed by atoms with Crippen LogP contribution in [0.5, 0.6) is 0 Å². The second-order valence-corrected chi connectivity index (χ2v) is 4.71. The van der Waals surface area contributed by atoms with Gasteiger partial charge in [0, 0.05) is 24.5 Å². The molecule has 1 aromatic heterocycles. The minimum absolute atomic E-state index is 0.300. The molecule has 0 radical (unpaired) electrons. The Morgan fingerprint density at radius 2 is 2.19 bits per heavy atom. The van der Waals surface area contributed by atoms with Gasteiger partial charge in [0.05, 0.1) is 18.4 Å². The van der Waals surface area contributed by atoms with E-state index in [1.54, 1.807) is 25.4 Å². The molecule has 1 amide bonds. The number of amides is 1. The predicted octanol–water partition coefficient (Wildman–Crippen LogP) is 1.40. The Balaban J connectivity index is 1.79. The highest BCUT2D eigenvalue weighted by Crippen LogP contribution is 2.16. The largest absolute Gasteiger partial charge is 0.501 e. The number of carbonyl (C=O) groups excluding carboxylic acids is 1. The van der Waals surface area contributed by atoms with E-state index in [9.17, 15) is 4.79 Å². The molecule has 7 heteroatoms. The molecule has 21 heavy (non-hydrogen) atoms. The van der Waals surface area contributed by atoms with Gasteiger partial charge >= 0.3 is 0 Å². The zero-order chi connectivity index (χ0) is 15.1. The van der Waals surface area contributed by atoms with Crippen molar-refractivity contribution in [2.75, 3.05) is 7.11 Å². The van der Waals surface area contributed by atoms with Crippen molar-refractivity contribution in [3.8, 4) is 0 Å². The maximum atomic E-state index is 11.8. The summed E-state index contributed by atoms with van der Waals surface area (Å²) in [5.41, 5.74) is 6.58. The van der Waals surface area contributed by atoms with Crippen molar-refractivity contribution < 1.29 is 9.53 Å². The van der Waals surface area contributed by atoms with Gasteiger partial charge in [-0.05, 0) is 42.9 Å². The fourth-order valence-corrected chi connectivity index (χ4v) is 1.93. The summed E-state index contributed by atoms with van der Waals surface area (Å²) in [5, 5.41) is 3.35. The molecule has 3 N–H and O–H groups in total. The number of ether oxygens (including phenoxy) is 1. The lowest BCUT2D eigenvalue weighted by Gasteiger charge is -2.17. The number of aromatic nitrogens is 1. The van der Waals surface area contributed by atoms with Gasteiger partial charge in [-0.2, -0.15) is 0 Å². The molecule has 1 aliphatic rings. The van der Waals surface area contributed by atoms with Gasteiger partial charge in [-0.15, -0.1) is 0 Å². The van der Waals surface area contributed by atoms with Crippen molar-refractivity contribution in [3.63, 3.8) is 0 Å². The molecule has 0 fully saturated rings. The minimum atomic E-state index is -0.300. The van der Waals surface area contributed by atoms with E-state index in [0.717, 1.165) is 24.3 Å². The summed E-state index contributed by atoms with van der Waals surface area (Å²) < 4.78 is 5.15. The van der Waals surface area contributed by atoms with Crippen LogP contribution in [0.25, 0.3) is 0 Å². The Bertz CT molecular complexity index is 584. The molecule has 0 spiro atoms. The number of thiocarbonyl (C=S) groups is 1. The summed E-state index contributed by atoms with van der Waals surface area (Å²) in [6.45, 7) is 0. The number of allylic oxidation sites excluding steroid dienone is 4. The topological polar surface area (TPSA) is 75.3 Å². The summed E-state index contributed by atoms with van der Waals surface area (Å²) in [6.07, 6.45) is 8.50. The first kappa shape index (κ1) is 15.0. The van der Waals surface area contributed by atoms with Crippen LogP contribution in [0.15, 0.2) is 48.1 Å². The standard InChI is InChI=1S/C14H16N4O2S/c1-20-12-6-4-11(5-7-12)16-14(21)18-17-13(19)10-3-2-8-15-9-10/h2-4,6,8-9H,5,7H2,1H3,(H,17,19)(H2,16,18,21). The lowest BCUT2D eigenvalue weighted by molar-refractivity contribution is 0.0943. The average molecular weight is 304 g/mol. The smallest absolute Gasteiger partial charge is 0.271 e. The van der Waals surface area contributed by atoms with Crippen molar-refractivity contribution in [1.82, 2.24) is 21.2 Å². The van der Waals surface area contributed by atoms with Crippen molar-refractivity contribution in [2.45, 2.75) is 12.8 Å². The molecule has 1 heterocycles. The van der Waals surface area contributed by atoms with Crippen LogP contribution in [0, 0.1) is 0 Å². The van der Waals surface area contributed by atoms with Crippen LogP contribution in [-0.2, 0) is 4.74 Å². The molecule has 1 aromatic rings. The van der Waals surface area contributed by atoms with Crippen molar-refractivity contribution in [2.24, 2.45) is 0 Å². The van der Waals surface area contributed by atoms with E-state index in [4.69, 9.17) is 17.0 Å². The Kier molecular flexibility index (Phi) is 5.28. The van der Waals surface area contributed by atoms with Gasteiger partial charge in [-0.3, -0.25) is 20.6 Å². The Labute approximate surface area is 128 Å². The number of hydrazine groups is 1. The molecule has 0 aromatic carbocycles. The SMILES string of the molecule is COC1=CC=C(NC(=S)NNC(=O)c2cccnc2)CC1. The summed E-state index contributed by atoms with van der Waals surface area (Å²) in [4.78, 5) is 15.7. The van der Waals surface area contributed by atoms with Gasteiger partial charge in [0.15, 0.2) is 5.11 Å². The quantitative estimate of drug-likeness (QED) is 0.579. The van der Waals surface area contributed by atoms with E-state index in [-0.39, 0.29) is 5.91 Å². The van der Waals surface area contributed by atoms with Crippen LogP contribution >= 0.6 is 12.2 Å². The van der Waals surface area contributed by atoms with Crippen molar-refractivity contribution in [1.29, 1.82) is 0 Å². The normalized spacial score (nSPS) is 13.6. The van der Waals surface area contributed by atoms with Crippen molar-refractivity contribution in [3.05, 3.63) is 53.7 Å². The number of nitrogens with zero attached hydrogens (tertiary/aromatic N) is 1. The monoisotopic (exact) mass is 304 g/mol. The molecule has 0 bridgehead atoms. The fourth-order valence-electron chi connectivity index (χ4n) is 1.75. The highest BCUT2D eigenvalue weighted by atomic mass is 32.1. The maximum Gasteiger partial charge on any atom is 0.271 e. The minimum Gasteiger partial charge on any atom is -0.501 e. The van der Waals surface area contributed by atoms with E-state index in [1.807, 2.05) is 12.2 Å². The second kappa shape index (κ2) is 7.39. The fraction of sp³-hybridized carbons (Fsp3) is 0.214. The van der Waals surface area contributed by atoms with Gasteiger partial charge in [0.25, 0.3) is 5.91 Å². The van der Waals surface area contributed by atoms with E-state index in [1.165, 1.54) is 6.20 Å². The molecule has 0 saturated heterocycles. The van der Waals surface area contributed by atoms with Gasteiger partial charge in [-0.25, -0.2) is 0 Å². The average Bonchev–Trinajstić information content (AvgIpc) is 2.54. The molecule has 0 saturated carbocycles. The van der Waals surface area contributed by atoms with Gasteiger partial charge in [-0.1, -0.05) is 0 Å². The van der Waals surface area contributed by atoms with E-state index in [2.05, 4.69) is 21.2 Å². The summed E-state index contributed by atoms with van der Waals surface area (Å²) in [5.74, 6) is 0.635. The predicted molar refractivity (Wildman–Crippen MR) is 83.0 cm³/mol. The van der Waals surface area contributed by atoms with Crippen LogP contribution in [-0.4, -0.2) is 23.1 Å². The molecule has 0 aliphatic heterocycles. The third-order valence-corrected chi connectivity index (χ3v) is 3.06. The molecule has 0 atom stereocenters. The van der Waals surface area contributed by atoms with Crippen LogP contribution in [0.4, 0.5) is 0 Å². The van der Waals surface area contributed by atoms with E-state index in [0.29, 0.717) is 10.7 Å². The first-order chi connectivity index (χ1) is 10.2. The molecule has 110 valence electrons. The number of hydrogen-bond acceptors (Lipinski definition) is 4. The van der Waals surface area contributed by atoms with Crippen molar-refractivity contribution >= 4 is 23.2 Å². The van der Waals surface area contributed by atoms with Crippen LogP contribution < -0.4 is 16.2 Å². The molecule has 1 aliphatic carbocycles. The van der Waals surface area contributed by atoms with Gasteiger partial charge in [0.1, 0.15) is 0 Å². The molecule has 6 nitrogen and oxygen atoms in total. The summed E-state index contributed by atoms with van der Waals surface area (Å²) in [6, 6.07) is 3.36. The van der Waals surface area contributed by atoms with Gasteiger partial charge < -0.3 is 10.1 Å². The number of carbonyl (C=O) groups is 1.